The van der Waals surface area contributed by atoms with Gasteiger partial charge in [0.05, 0.1) is 5.69 Å². The molecule has 1 aliphatic rings. The summed E-state index contributed by atoms with van der Waals surface area (Å²) in [6.07, 6.45) is 0.599. The van der Waals surface area contributed by atoms with Crippen molar-refractivity contribution in [1.29, 1.82) is 0 Å². The predicted molar refractivity (Wildman–Crippen MR) is 93.2 cm³/mol. The van der Waals surface area contributed by atoms with Gasteiger partial charge in [-0.15, -0.1) is 0 Å². The van der Waals surface area contributed by atoms with Crippen LogP contribution in [0.1, 0.15) is 25.3 Å². The van der Waals surface area contributed by atoms with E-state index in [0.29, 0.717) is 29.2 Å². The molecular formula is C17H19N5O3. The first-order valence-corrected chi connectivity index (χ1v) is 8.01. The topological polar surface area (TPSA) is 99.8 Å². The third-order valence-corrected chi connectivity index (χ3v) is 3.84. The summed E-state index contributed by atoms with van der Waals surface area (Å²) in [5.41, 5.74) is 4.55. The molecule has 1 aromatic carbocycles. The Morgan fingerprint density at radius 3 is 2.76 bits per heavy atom. The van der Waals surface area contributed by atoms with Crippen molar-refractivity contribution in [2.75, 3.05) is 10.3 Å². The van der Waals surface area contributed by atoms with E-state index in [4.69, 9.17) is 4.52 Å². The average Bonchev–Trinajstić information content (AvgIpc) is 2.97. The Morgan fingerprint density at radius 1 is 1.36 bits per heavy atom. The number of amidine groups is 1. The molecule has 0 aliphatic carbocycles. The van der Waals surface area contributed by atoms with Gasteiger partial charge in [0, 0.05) is 6.42 Å². The van der Waals surface area contributed by atoms with Gasteiger partial charge in [0.25, 0.3) is 11.8 Å². The molecule has 2 N–H and O–H groups in total. The molecule has 0 saturated carbocycles. The van der Waals surface area contributed by atoms with Gasteiger partial charge in [0.1, 0.15) is 17.4 Å². The molecular weight excluding hydrogens is 322 g/mol. The summed E-state index contributed by atoms with van der Waals surface area (Å²) in [6.45, 7) is 5.30. The van der Waals surface area contributed by atoms with Crippen LogP contribution in [0.4, 0.5) is 11.4 Å². The van der Waals surface area contributed by atoms with Gasteiger partial charge in [0.15, 0.2) is 5.76 Å². The van der Waals surface area contributed by atoms with Gasteiger partial charge in [0.2, 0.25) is 5.84 Å². The molecule has 0 bridgehead atoms. The lowest BCUT2D eigenvalue weighted by Crippen LogP contribution is -2.57. The van der Waals surface area contributed by atoms with Crippen LogP contribution in [-0.2, 0) is 16.0 Å². The number of nitrogens with one attached hydrogen (secondary N) is 2. The summed E-state index contributed by atoms with van der Waals surface area (Å²) >= 11 is 0. The second-order valence-electron chi connectivity index (χ2n) is 5.65. The summed E-state index contributed by atoms with van der Waals surface area (Å²) in [7, 11) is 0. The molecule has 1 aliphatic heterocycles. The van der Waals surface area contributed by atoms with Crippen molar-refractivity contribution in [3.8, 4) is 0 Å². The van der Waals surface area contributed by atoms with E-state index in [-0.39, 0.29) is 11.7 Å². The van der Waals surface area contributed by atoms with Crippen molar-refractivity contribution in [3.63, 3.8) is 0 Å². The molecule has 0 fully saturated rings. The number of carbonyl (C=O) groups is 2. The van der Waals surface area contributed by atoms with E-state index in [1.54, 1.807) is 26.0 Å². The van der Waals surface area contributed by atoms with Crippen LogP contribution in [0, 0.1) is 6.92 Å². The van der Waals surface area contributed by atoms with Gasteiger partial charge < -0.3 is 9.84 Å². The van der Waals surface area contributed by atoms with Crippen LogP contribution < -0.4 is 15.8 Å². The van der Waals surface area contributed by atoms with Crippen molar-refractivity contribution >= 4 is 29.0 Å². The molecule has 8 heteroatoms. The second kappa shape index (κ2) is 6.76. The Hall–Kier alpha value is -3.16. The molecule has 1 atom stereocenters. The van der Waals surface area contributed by atoms with E-state index in [0.717, 1.165) is 0 Å². The minimum absolute atomic E-state index is 0.0543. The van der Waals surface area contributed by atoms with E-state index in [1.807, 2.05) is 25.1 Å². The van der Waals surface area contributed by atoms with Crippen molar-refractivity contribution in [2.45, 2.75) is 33.2 Å². The van der Waals surface area contributed by atoms with E-state index in [1.165, 1.54) is 5.01 Å². The van der Waals surface area contributed by atoms with Crippen molar-refractivity contribution in [2.24, 2.45) is 4.99 Å². The molecule has 25 heavy (non-hydrogen) atoms. The Kier molecular flexibility index (Phi) is 4.51. The fraction of sp³-hybridized carbons (Fsp3) is 0.294. The van der Waals surface area contributed by atoms with Crippen LogP contribution in [0.25, 0.3) is 0 Å². The Bertz CT molecular complexity index is 828. The lowest BCUT2D eigenvalue weighted by molar-refractivity contribution is -0.120. The SMILES string of the molecule is CCc1onc(C)c1NC(=O)C1=N[C@H](C)C(=O)N(c2ccccc2)N1. The van der Waals surface area contributed by atoms with E-state index in [9.17, 15) is 9.59 Å². The predicted octanol–water partition coefficient (Wildman–Crippen LogP) is 1.82. The minimum Gasteiger partial charge on any atom is -0.359 e. The van der Waals surface area contributed by atoms with Gasteiger partial charge in [-0.05, 0) is 26.0 Å². The zero-order valence-corrected chi connectivity index (χ0v) is 14.2. The molecule has 0 spiro atoms. The van der Waals surface area contributed by atoms with Gasteiger partial charge in [-0.1, -0.05) is 30.3 Å². The molecule has 8 nitrogen and oxygen atoms in total. The summed E-state index contributed by atoms with van der Waals surface area (Å²) in [6, 6.07) is 8.36. The monoisotopic (exact) mass is 341 g/mol. The van der Waals surface area contributed by atoms with Crippen LogP contribution >= 0.6 is 0 Å². The Morgan fingerprint density at radius 2 is 2.08 bits per heavy atom. The fourth-order valence-electron chi connectivity index (χ4n) is 2.49. The van der Waals surface area contributed by atoms with Crippen LogP contribution in [0.15, 0.2) is 39.8 Å². The first-order valence-electron chi connectivity index (χ1n) is 8.01. The standard InChI is InChI=1S/C17H19N5O3/c1-4-13-14(10(2)21-25-13)19-16(23)15-18-11(3)17(24)22(20-15)12-8-6-5-7-9-12/h5-9,11H,4H2,1-3H3,(H,18,20)(H,19,23)/t11-/m1/s1. The number of carbonyl (C=O) groups excluding carboxylic acids is 2. The molecule has 2 amide bonds. The third-order valence-electron chi connectivity index (χ3n) is 3.84. The summed E-state index contributed by atoms with van der Waals surface area (Å²) in [4.78, 5) is 29.1. The van der Waals surface area contributed by atoms with Crippen LogP contribution in [-0.4, -0.2) is 28.8 Å². The Balaban J connectivity index is 1.84. The number of aliphatic imine (C=N–C) groups is 1. The zero-order valence-electron chi connectivity index (χ0n) is 14.2. The van der Waals surface area contributed by atoms with Crippen molar-refractivity contribution in [3.05, 3.63) is 41.8 Å². The number of hydrazine groups is 1. The maximum atomic E-state index is 12.6. The quantitative estimate of drug-likeness (QED) is 0.883. The van der Waals surface area contributed by atoms with E-state index in [2.05, 4.69) is 20.9 Å². The maximum Gasteiger partial charge on any atom is 0.292 e. The highest BCUT2D eigenvalue weighted by Crippen LogP contribution is 2.21. The third kappa shape index (κ3) is 3.23. The summed E-state index contributed by atoms with van der Waals surface area (Å²) in [5.74, 6) is -0.0515. The van der Waals surface area contributed by atoms with Gasteiger partial charge in [-0.2, -0.15) is 0 Å². The number of nitrogens with zero attached hydrogens (tertiary/aromatic N) is 3. The number of anilines is 2. The molecule has 0 unspecified atom stereocenters. The molecule has 1 aromatic heterocycles. The summed E-state index contributed by atoms with van der Waals surface area (Å²) in [5, 5.41) is 7.95. The maximum absolute atomic E-state index is 12.6. The minimum atomic E-state index is -0.670. The highest BCUT2D eigenvalue weighted by atomic mass is 16.5. The highest BCUT2D eigenvalue weighted by molar-refractivity contribution is 6.43. The number of rotatable bonds is 4. The van der Waals surface area contributed by atoms with Crippen molar-refractivity contribution < 1.29 is 14.1 Å². The van der Waals surface area contributed by atoms with Crippen LogP contribution in [0.5, 0.6) is 0 Å². The molecule has 3 rings (SSSR count). The van der Waals surface area contributed by atoms with E-state index >= 15 is 0 Å². The Labute approximate surface area is 144 Å². The fourth-order valence-corrected chi connectivity index (χ4v) is 2.49. The lowest BCUT2D eigenvalue weighted by Gasteiger charge is -2.30. The van der Waals surface area contributed by atoms with Crippen molar-refractivity contribution in [1.82, 2.24) is 10.6 Å². The van der Waals surface area contributed by atoms with Gasteiger partial charge >= 0.3 is 0 Å². The number of amides is 2. The molecule has 2 heterocycles. The summed E-state index contributed by atoms with van der Waals surface area (Å²) < 4.78 is 5.17. The number of hydrogen-bond acceptors (Lipinski definition) is 6. The number of aryl methyl sites for hydroxylation is 2. The first-order chi connectivity index (χ1) is 12.0. The van der Waals surface area contributed by atoms with Gasteiger partial charge in [-0.25, -0.2) is 10.0 Å². The molecule has 130 valence electrons. The van der Waals surface area contributed by atoms with Crippen LogP contribution in [0.2, 0.25) is 0 Å². The normalized spacial score (nSPS) is 17.1. The van der Waals surface area contributed by atoms with Gasteiger partial charge in [-0.3, -0.25) is 15.0 Å². The average molecular weight is 341 g/mol. The van der Waals surface area contributed by atoms with E-state index < -0.39 is 11.9 Å². The molecule has 0 radical (unpaired) electrons. The number of aromatic nitrogens is 1. The first kappa shape index (κ1) is 16.7. The smallest absolute Gasteiger partial charge is 0.292 e. The number of hydrogen-bond donors (Lipinski definition) is 2. The number of benzene rings is 1. The molecule has 2 aromatic rings. The zero-order chi connectivity index (χ0) is 18.0. The number of para-hydroxylation sites is 1. The molecule has 0 saturated heterocycles. The van der Waals surface area contributed by atoms with Crippen LogP contribution in [0.3, 0.4) is 0 Å². The second-order valence-corrected chi connectivity index (χ2v) is 5.65. The lowest BCUT2D eigenvalue weighted by atomic mass is 10.2. The highest BCUT2D eigenvalue weighted by Gasteiger charge is 2.31. The largest absolute Gasteiger partial charge is 0.359 e.